The van der Waals surface area contributed by atoms with Gasteiger partial charge in [0.1, 0.15) is 0 Å². The van der Waals surface area contributed by atoms with E-state index in [0.717, 1.165) is 11.8 Å². The van der Waals surface area contributed by atoms with Crippen LogP contribution in [0.4, 0.5) is 0 Å². The highest BCUT2D eigenvalue weighted by molar-refractivity contribution is 5.91. The Labute approximate surface area is 155 Å². The van der Waals surface area contributed by atoms with Gasteiger partial charge in [-0.25, -0.2) is 9.59 Å². The summed E-state index contributed by atoms with van der Waals surface area (Å²) < 4.78 is 0. The van der Waals surface area contributed by atoms with Crippen LogP contribution in [0.25, 0.3) is 0 Å². The van der Waals surface area contributed by atoms with E-state index in [-0.39, 0.29) is 11.1 Å². The van der Waals surface area contributed by atoms with Gasteiger partial charge >= 0.3 is 11.9 Å². The van der Waals surface area contributed by atoms with Gasteiger partial charge in [0.2, 0.25) is 0 Å². The highest BCUT2D eigenvalue weighted by Crippen LogP contribution is 2.38. The smallest absolute Gasteiger partial charge is 0.335 e. The van der Waals surface area contributed by atoms with E-state index in [1.54, 1.807) is 5.57 Å². The molecule has 0 bridgehead atoms. The van der Waals surface area contributed by atoms with E-state index in [0.29, 0.717) is 0 Å². The fourth-order valence-electron chi connectivity index (χ4n) is 4.04. The topological polar surface area (TPSA) is 74.6 Å². The number of aromatic carboxylic acids is 2. The molecule has 4 heteroatoms. The van der Waals surface area contributed by atoms with E-state index in [1.165, 1.54) is 88.5 Å². The Kier molecular flexibility index (Phi) is 7.89. The Morgan fingerprint density at radius 2 is 1.00 bits per heavy atom. The number of carboxylic acids is 2. The summed E-state index contributed by atoms with van der Waals surface area (Å²) in [5.74, 6) is -0.336. The molecule has 26 heavy (non-hydrogen) atoms. The lowest BCUT2D eigenvalue weighted by Crippen LogP contribution is -2.17. The lowest BCUT2D eigenvalue weighted by atomic mass is 9.74. The first-order chi connectivity index (χ1) is 12.5. The van der Waals surface area contributed by atoms with Crippen molar-refractivity contribution in [3.63, 3.8) is 0 Å². The van der Waals surface area contributed by atoms with Gasteiger partial charge in [-0.3, -0.25) is 0 Å². The minimum absolute atomic E-state index is 0.0833. The predicted molar refractivity (Wildman–Crippen MR) is 103 cm³/mol. The summed E-state index contributed by atoms with van der Waals surface area (Å²) in [6.45, 7) is 4.40. The zero-order valence-corrected chi connectivity index (χ0v) is 15.5. The van der Waals surface area contributed by atoms with Crippen LogP contribution in [0.1, 0.15) is 84.9 Å². The van der Waals surface area contributed by atoms with Gasteiger partial charge in [0.25, 0.3) is 0 Å². The fourth-order valence-corrected chi connectivity index (χ4v) is 4.04. The van der Waals surface area contributed by atoms with Crippen molar-refractivity contribution in [2.75, 3.05) is 0 Å². The molecule has 2 aliphatic carbocycles. The molecule has 1 aromatic rings. The first-order valence-electron chi connectivity index (χ1n) is 9.74. The molecule has 4 nitrogen and oxygen atoms in total. The molecular weight excluding hydrogens is 328 g/mol. The molecule has 0 saturated heterocycles. The van der Waals surface area contributed by atoms with E-state index in [1.807, 2.05) is 0 Å². The molecule has 142 valence electrons. The maximum Gasteiger partial charge on any atom is 0.335 e. The second-order valence-corrected chi connectivity index (χ2v) is 7.43. The highest BCUT2D eigenvalue weighted by atomic mass is 16.4. The third-order valence-electron chi connectivity index (χ3n) is 5.64. The molecule has 0 spiro atoms. The third-order valence-corrected chi connectivity index (χ3v) is 5.64. The van der Waals surface area contributed by atoms with E-state index in [4.69, 9.17) is 10.2 Å². The number of benzene rings is 1. The maximum absolute atomic E-state index is 10.3. The van der Waals surface area contributed by atoms with Crippen molar-refractivity contribution >= 4 is 11.9 Å². The lowest BCUT2D eigenvalue weighted by molar-refractivity contribution is 0.0681. The summed E-state index contributed by atoms with van der Waals surface area (Å²) in [5.41, 5.74) is 1.80. The minimum atomic E-state index is -1.06. The van der Waals surface area contributed by atoms with E-state index in [9.17, 15) is 9.59 Å². The molecule has 1 aromatic carbocycles. The summed E-state index contributed by atoms with van der Waals surface area (Å²) in [6, 6.07) is 5.02. The molecule has 0 atom stereocenters. The molecule has 0 radical (unpaired) electrons. The van der Waals surface area contributed by atoms with Crippen molar-refractivity contribution < 1.29 is 19.8 Å². The van der Waals surface area contributed by atoms with Crippen LogP contribution in [0.5, 0.6) is 0 Å². The van der Waals surface area contributed by atoms with Crippen molar-refractivity contribution in [3.8, 4) is 0 Å². The SMILES string of the molecule is C=C(C1CCCCC1)C1CCCCC1.O=C(O)c1ccc(C(=O)O)cc1. The molecule has 0 heterocycles. The Morgan fingerprint density at radius 1 is 0.692 bits per heavy atom. The number of hydrogen-bond acceptors (Lipinski definition) is 2. The summed E-state index contributed by atoms with van der Waals surface area (Å²) in [6.07, 6.45) is 14.5. The quantitative estimate of drug-likeness (QED) is 0.668. The molecule has 0 amide bonds. The van der Waals surface area contributed by atoms with Gasteiger partial charge in [0, 0.05) is 0 Å². The van der Waals surface area contributed by atoms with Gasteiger partial charge in [-0.1, -0.05) is 50.7 Å². The van der Waals surface area contributed by atoms with Crippen molar-refractivity contribution in [1.82, 2.24) is 0 Å². The molecule has 2 fully saturated rings. The second-order valence-electron chi connectivity index (χ2n) is 7.43. The third kappa shape index (κ3) is 6.01. The van der Waals surface area contributed by atoms with Gasteiger partial charge in [0.05, 0.1) is 11.1 Å². The van der Waals surface area contributed by atoms with E-state index >= 15 is 0 Å². The lowest BCUT2D eigenvalue weighted by Gasteiger charge is -2.31. The first-order valence-corrected chi connectivity index (χ1v) is 9.74. The van der Waals surface area contributed by atoms with Crippen LogP contribution in [0.15, 0.2) is 36.4 Å². The van der Waals surface area contributed by atoms with Crippen molar-refractivity contribution in [1.29, 1.82) is 0 Å². The van der Waals surface area contributed by atoms with Crippen LogP contribution in [0, 0.1) is 11.8 Å². The standard InChI is InChI=1S/C14H24.C8H6O4/c1-12(13-8-4-2-5-9-13)14-10-6-3-7-11-14;9-7(10)5-1-2-6(4-3-5)8(11)12/h13-14H,1-11H2;1-4H,(H,9,10)(H,11,12). The average Bonchev–Trinajstić information content (AvgIpc) is 2.69. The van der Waals surface area contributed by atoms with Crippen molar-refractivity contribution in [3.05, 3.63) is 47.5 Å². The summed E-state index contributed by atoms with van der Waals surface area (Å²) in [7, 11) is 0. The van der Waals surface area contributed by atoms with Gasteiger partial charge in [-0.15, -0.1) is 0 Å². The minimum Gasteiger partial charge on any atom is -0.478 e. The monoisotopic (exact) mass is 358 g/mol. The molecule has 2 saturated carbocycles. The average molecular weight is 358 g/mol. The molecule has 0 aromatic heterocycles. The number of carboxylic acid groups (broad SMARTS) is 2. The Morgan fingerprint density at radius 3 is 1.27 bits per heavy atom. The van der Waals surface area contributed by atoms with Crippen LogP contribution >= 0.6 is 0 Å². The van der Waals surface area contributed by atoms with Crippen LogP contribution in [0.2, 0.25) is 0 Å². The van der Waals surface area contributed by atoms with Crippen LogP contribution in [-0.4, -0.2) is 22.2 Å². The first kappa shape index (κ1) is 20.2. The molecule has 0 unspecified atom stereocenters. The van der Waals surface area contributed by atoms with Gasteiger partial charge < -0.3 is 10.2 Å². The normalized spacial score (nSPS) is 18.5. The molecule has 2 N–H and O–H groups in total. The fraction of sp³-hybridized carbons (Fsp3) is 0.545. The zero-order valence-electron chi connectivity index (χ0n) is 15.5. The van der Waals surface area contributed by atoms with E-state index < -0.39 is 11.9 Å². The summed E-state index contributed by atoms with van der Waals surface area (Å²) >= 11 is 0. The van der Waals surface area contributed by atoms with Crippen LogP contribution in [0.3, 0.4) is 0 Å². The van der Waals surface area contributed by atoms with Gasteiger partial charge in [0.15, 0.2) is 0 Å². The van der Waals surface area contributed by atoms with Gasteiger partial charge in [-0.2, -0.15) is 0 Å². The van der Waals surface area contributed by atoms with Crippen molar-refractivity contribution in [2.45, 2.75) is 64.2 Å². The van der Waals surface area contributed by atoms with Crippen LogP contribution < -0.4 is 0 Å². The molecular formula is C22H30O4. The maximum atomic E-state index is 10.3. The Hall–Kier alpha value is -2.10. The number of carbonyl (C=O) groups is 2. The molecule has 3 rings (SSSR count). The number of hydrogen-bond donors (Lipinski definition) is 2. The molecule has 2 aliphatic rings. The van der Waals surface area contributed by atoms with Crippen molar-refractivity contribution in [2.24, 2.45) is 11.8 Å². The number of rotatable bonds is 4. The summed E-state index contributed by atoms with van der Waals surface area (Å²) in [4.78, 5) is 20.7. The largest absolute Gasteiger partial charge is 0.478 e. The predicted octanol–water partition coefficient (Wildman–Crippen LogP) is 5.79. The van der Waals surface area contributed by atoms with Gasteiger partial charge in [-0.05, 0) is 61.8 Å². The Bertz CT molecular complexity index is 553. The molecule has 0 aliphatic heterocycles. The zero-order chi connectivity index (χ0) is 18.9. The summed E-state index contributed by atoms with van der Waals surface area (Å²) in [5, 5.41) is 16.9. The van der Waals surface area contributed by atoms with Crippen LogP contribution in [-0.2, 0) is 0 Å². The number of allylic oxidation sites excluding steroid dienone is 1. The Balaban J connectivity index is 0.000000190. The second kappa shape index (κ2) is 10.1. The van der Waals surface area contributed by atoms with E-state index in [2.05, 4.69) is 6.58 Å². The highest BCUT2D eigenvalue weighted by Gasteiger charge is 2.23.